The van der Waals surface area contributed by atoms with E-state index in [0.717, 1.165) is 31.2 Å². The fourth-order valence-corrected chi connectivity index (χ4v) is 3.70. The average Bonchev–Trinajstić information content (AvgIpc) is 2.65. The highest BCUT2D eigenvalue weighted by atomic mass is 16.5. The molecule has 1 aromatic carbocycles. The maximum atomic E-state index is 12.8. The number of esters is 2. The highest BCUT2D eigenvalue weighted by molar-refractivity contribution is 5.83. The van der Waals surface area contributed by atoms with Crippen molar-refractivity contribution in [3.63, 3.8) is 0 Å². The van der Waals surface area contributed by atoms with Gasteiger partial charge in [-0.1, -0.05) is 58.7 Å². The molecule has 0 aliphatic heterocycles. The van der Waals surface area contributed by atoms with Crippen LogP contribution in [-0.2, 0) is 14.3 Å². The Hall–Kier alpha value is -1.84. The van der Waals surface area contributed by atoms with Crippen LogP contribution in [0.2, 0.25) is 0 Å². The largest absolute Gasteiger partial charge is 0.465 e. The minimum absolute atomic E-state index is 0.238. The molecule has 4 nitrogen and oxygen atoms in total. The number of benzene rings is 1. The molecule has 0 amide bonds. The molecule has 2 rings (SSSR count). The summed E-state index contributed by atoms with van der Waals surface area (Å²) in [6.07, 6.45) is 5.20. The lowest BCUT2D eigenvalue weighted by atomic mass is 9.79. The Labute approximate surface area is 163 Å². The van der Waals surface area contributed by atoms with Gasteiger partial charge in [-0.15, -0.1) is 0 Å². The number of rotatable bonds is 8. The van der Waals surface area contributed by atoms with Crippen molar-refractivity contribution in [2.24, 2.45) is 17.8 Å². The lowest BCUT2D eigenvalue weighted by molar-refractivity contribution is -0.158. The summed E-state index contributed by atoms with van der Waals surface area (Å²) in [5.41, 5.74) is 1.01. The summed E-state index contributed by atoms with van der Waals surface area (Å²) >= 11 is 0. The van der Waals surface area contributed by atoms with E-state index in [9.17, 15) is 9.59 Å². The number of carbonyl (C=O) groups excluding carboxylic acids is 2. The van der Waals surface area contributed by atoms with Gasteiger partial charge in [0.25, 0.3) is 0 Å². The smallest absolute Gasteiger partial charge is 0.315 e. The number of hydrogen-bond acceptors (Lipinski definition) is 4. The van der Waals surface area contributed by atoms with Crippen molar-refractivity contribution >= 4 is 11.9 Å². The zero-order chi connectivity index (χ0) is 19.8. The zero-order valence-corrected chi connectivity index (χ0v) is 17.2. The van der Waals surface area contributed by atoms with Gasteiger partial charge in [-0.3, -0.25) is 9.59 Å². The van der Waals surface area contributed by atoms with E-state index in [2.05, 4.69) is 27.7 Å². The van der Waals surface area contributed by atoms with E-state index < -0.39 is 5.92 Å². The minimum atomic E-state index is -0.406. The Bertz CT molecular complexity index is 621. The first kappa shape index (κ1) is 21.5. The first-order valence-corrected chi connectivity index (χ1v) is 10.4. The van der Waals surface area contributed by atoms with E-state index in [-0.39, 0.29) is 23.8 Å². The molecule has 27 heavy (non-hydrogen) atoms. The highest BCUT2D eigenvalue weighted by Crippen LogP contribution is 2.34. The standard InChI is InChI=1S/C23H34O4/c1-16(2)10-9-15-26-22(24)19-12-5-6-13-20(19)23(25)27-21-14-8-7-11-18(21)17(3)4/h7-8,11,14,16-17,19-20H,5-6,9-10,12-13,15H2,1-4H3. The van der Waals surface area contributed by atoms with Crippen molar-refractivity contribution in [2.75, 3.05) is 6.61 Å². The van der Waals surface area contributed by atoms with Gasteiger partial charge in [0.15, 0.2) is 0 Å². The van der Waals surface area contributed by atoms with Gasteiger partial charge in [0.2, 0.25) is 0 Å². The quantitative estimate of drug-likeness (QED) is 0.342. The highest BCUT2D eigenvalue weighted by Gasteiger charge is 2.38. The summed E-state index contributed by atoms with van der Waals surface area (Å²) in [5.74, 6) is 0.147. The molecule has 1 aromatic rings. The van der Waals surface area contributed by atoms with Gasteiger partial charge in [0, 0.05) is 0 Å². The van der Waals surface area contributed by atoms with E-state index in [4.69, 9.17) is 9.47 Å². The fraction of sp³-hybridized carbons (Fsp3) is 0.652. The van der Waals surface area contributed by atoms with Gasteiger partial charge < -0.3 is 9.47 Å². The van der Waals surface area contributed by atoms with Crippen molar-refractivity contribution < 1.29 is 19.1 Å². The topological polar surface area (TPSA) is 52.6 Å². The summed E-state index contributed by atoms with van der Waals surface area (Å²) in [6.45, 7) is 8.90. The molecular formula is C23H34O4. The molecule has 0 saturated heterocycles. The fourth-order valence-electron chi connectivity index (χ4n) is 3.70. The molecule has 1 aliphatic rings. The summed E-state index contributed by atoms with van der Waals surface area (Å²) < 4.78 is 11.2. The maximum Gasteiger partial charge on any atom is 0.315 e. The number of para-hydroxylation sites is 1. The Kier molecular flexibility index (Phi) is 8.33. The molecule has 0 spiro atoms. The third-order valence-corrected chi connectivity index (χ3v) is 5.29. The van der Waals surface area contributed by atoms with Crippen molar-refractivity contribution in [2.45, 2.75) is 72.1 Å². The predicted octanol–water partition coefficient (Wildman–Crippen LogP) is 5.50. The summed E-state index contributed by atoms with van der Waals surface area (Å²) in [5, 5.41) is 0. The minimum Gasteiger partial charge on any atom is -0.465 e. The second-order valence-electron chi connectivity index (χ2n) is 8.31. The second kappa shape index (κ2) is 10.5. The van der Waals surface area contributed by atoms with Gasteiger partial charge in [0.1, 0.15) is 5.75 Å². The van der Waals surface area contributed by atoms with E-state index in [1.54, 1.807) is 0 Å². The Balaban J connectivity index is 1.99. The van der Waals surface area contributed by atoms with Gasteiger partial charge in [0.05, 0.1) is 18.4 Å². The van der Waals surface area contributed by atoms with Crippen LogP contribution >= 0.6 is 0 Å². The van der Waals surface area contributed by atoms with Crippen molar-refractivity contribution in [3.8, 4) is 5.75 Å². The molecule has 1 aliphatic carbocycles. The van der Waals surface area contributed by atoms with Crippen LogP contribution in [0.25, 0.3) is 0 Å². The Morgan fingerprint density at radius 1 is 1.00 bits per heavy atom. The van der Waals surface area contributed by atoms with Crippen LogP contribution in [-0.4, -0.2) is 18.5 Å². The third kappa shape index (κ3) is 6.37. The van der Waals surface area contributed by atoms with Crippen LogP contribution in [0.3, 0.4) is 0 Å². The number of hydrogen-bond donors (Lipinski definition) is 0. The SMILES string of the molecule is CC(C)CCCOC(=O)C1CCCCC1C(=O)Oc1ccccc1C(C)C. The van der Waals surface area contributed by atoms with Crippen LogP contribution in [0.15, 0.2) is 24.3 Å². The van der Waals surface area contributed by atoms with E-state index in [1.807, 2.05) is 24.3 Å². The summed E-state index contributed by atoms with van der Waals surface area (Å²) in [7, 11) is 0. The van der Waals surface area contributed by atoms with Gasteiger partial charge in [-0.25, -0.2) is 0 Å². The third-order valence-electron chi connectivity index (χ3n) is 5.29. The second-order valence-corrected chi connectivity index (χ2v) is 8.31. The molecule has 1 saturated carbocycles. The summed E-state index contributed by atoms with van der Waals surface area (Å²) in [6, 6.07) is 7.63. The van der Waals surface area contributed by atoms with Crippen molar-refractivity contribution in [1.29, 1.82) is 0 Å². The molecule has 0 heterocycles. The molecule has 0 radical (unpaired) electrons. The van der Waals surface area contributed by atoms with Crippen molar-refractivity contribution in [1.82, 2.24) is 0 Å². The molecule has 2 unspecified atom stereocenters. The van der Waals surface area contributed by atoms with Gasteiger partial charge >= 0.3 is 11.9 Å². The van der Waals surface area contributed by atoms with Crippen LogP contribution in [0.5, 0.6) is 5.75 Å². The lowest BCUT2D eigenvalue weighted by Crippen LogP contribution is -2.36. The maximum absolute atomic E-state index is 12.8. The van der Waals surface area contributed by atoms with Crippen molar-refractivity contribution in [3.05, 3.63) is 29.8 Å². The molecule has 4 heteroatoms. The van der Waals surface area contributed by atoms with Crippen LogP contribution in [0, 0.1) is 17.8 Å². The van der Waals surface area contributed by atoms with E-state index in [1.165, 1.54) is 0 Å². The monoisotopic (exact) mass is 374 g/mol. The van der Waals surface area contributed by atoms with Crippen LogP contribution in [0.1, 0.15) is 77.7 Å². The van der Waals surface area contributed by atoms with Crippen LogP contribution < -0.4 is 4.74 Å². The first-order chi connectivity index (χ1) is 12.9. The summed E-state index contributed by atoms with van der Waals surface area (Å²) in [4.78, 5) is 25.4. The first-order valence-electron chi connectivity index (χ1n) is 10.4. The predicted molar refractivity (Wildman–Crippen MR) is 107 cm³/mol. The molecule has 0 aromatic heterocycles. The molecule has 2 atom stereocenters. The Morgan fingerprint density at radius 2 is 1.63 bits per heavy atom. The normalized spacial score (nSPS) is 19.9. The number of ether oxygens (including phenoxy) is 2. The zero-order valence-electron chi connectivity index (χ0n) is 17.2. The van der Waals surface area contributed by atoms with Crippen LogP contribution in [0.4, 0.5) is 0 Å². The molecular weight excluding hydrogens is 340 g/mol. The van der Waals surface area contributed by atoms with E-state index in [0.29, 0.717) is 31.1 Å². The molecule has 0 N–H and O–H groups in total. The lowest BCUT2D eigenvalue weighted by Gasteiger charge is -2.28. The van der Waals surface area contributed by atoms with Gasteiger partial charge in [-0.2, -0.15) is 0 Å². The average molecular weight is 375 g/mol. The molecule has 150 valence electrons. The van der Waals surface area contributed by atoms with E-state index >= 15 is 0 Å². The Morgan fingerprint density at radius 3 is 2.26 bits per heavy atom. The number of carbonyl (C=O) groups is 2. The van der Waals surface area contributed by atoms with Gasteiger partial charge in [-0.05, 0) is 49.1 Å². The molecule has 1 fully saturated rings. The molecule has 0 bridgehead atoms.